The molecule has 7 heteroatoms. The van der Waals surface area contributed by atoms with Crippen LogP contribution in [0, 0.1) is 11.5 Å². The lowest BCUT2D eigenvalue weighted by atomic mass is 10.1. The van der Waals surface area contributed by atoms with E-state index in [2.05, 4.69) is 58.9 Å². The predicted octanol–water partition coefficient (Wildman–Crippen LogP) is 3.80. The van der Waals surface area contributed by atoms with Gasteiger partial charge < -0.3 is 14.6 Å². The second-order valence-corrected chi connectivity index (χ2v) is 7.94. The smallest absolute Gasteiger partial charge is 0.205 e. The number of hydrogen-bond donors (Lipinski definition) is 2. The highest BCUT2D eigenvalue weighted by molar-refractivity contribution is 7.99. The molecule has 0 amide bonds. The van der Waals surface area contributed by atoms with E-state index >= 15 is 0 Å². The topological polar surface area (TPSA) is 76.6 Å². The molecule has 0 bridgehead atoms. The van der Waals surface area contributed by atoms with E-state index in [1.54, 1.807) is 11.8 Å². The van der Waals surface area contributed by atoms with Crippen molar-refractivity contribution in [3.05, 3.63) is 65.7 Å². The van der Waals surface area contributed by atoms with Crippen molar-refractivity contribution in [1.82, 2.24) is 15.5 Å². The molecule has 0 radical (unpaired) electrons. The molecule has 0 unspecified atom stereocenters. The third-order valence-corrected chi connectivity index (χ3v) is 5.03. The van der Waals surface area contributed by atoms with Gasteiger partial charge in [-0.3, -0.25) is 5.32 Å². The van der Waals surface area contributed by atoms with Gasteiger partial charge in [0.1, 0.15) is 5.58 Å². The minimum atomic E-state index is 0.481. The zero-order chi connectivity index (χ0) is 20.5. The summed E-state index contributed by atoms with van der Waals surface area (Å²) < 4.78 is 5.97. The summed E-state index contributed by atoms with van der Waals surface area (Å²) in [6.45, 7) is 2.07. The van der Waals surface area contributed by atoms with Gasteiger partial charge in [-0.05, 0) is 37.4 Å². The molecule has 0 spiro atoms. The molecular formula is C22H25N5OS. The lowest BCUT2D eigenvalue weighted by molar-refractivity contribution is 0.402. The average molecular weight is 408 g/mol. The highest BCUT2D eigenvalue weighted by atomic mass is 32.2. The fraction of sp³-hybridized carbons (Fsp3) is 0.273. The number of hydrogen-bond acceptors (Lipinski definition) is 5. The monoisotopic (exact) mass is 407 g/mol. The quantitative estimate of drug-likeness (QED) is 0.148. The third kappa shape index (κ3) is 6.56. The molecule has 3 rings (SSSR count). The van der Waals surface area contributed by atoms with E-state index in [-0.39, 0.29) is 0 Å². The second kappa shape index (κ2) is 10.6. The minimum Gasteiger partial charge on any atom is -0.450 e. The normalized spacial score (nSPS) is 11.6. The molecule has 1 aromatic heterocycles. The summed E-state index contributed by atoms with van der Waals surface area (Å²) in [5.74, 6) is 1.27. The van der Waals surface area contributed by atoms with E-state index in [0.717, 1.165) is 33.9 Å². The number of furan rings is 1. The molecule has 0 fully saturated rings. The van der Waals surface area contributed by atoms with Crippen molar-refractivity contribution >= 4 is 28.7 Å². The van der Waals surface area contributed by atoms with Gasteiger partial charge in [0.25, 0.3) is 0 Å². The Balaban J connectivity index is 1.51. The number of rotatable bonds is 8. The van der Waals surface area contributed by atoms with Gasteiger partial charge in [-0.1, -0.05) is 54.2 Å². The Bertz CT molecular complexity index is 991. The van der Waals surface area contributed by atoms with Crippen molar-refractivity contribution in [3.63, 3.8) is 0 Å². The fourth-order valence-corrected chi connectivity index (χ4v) is 3.62. The van der Waals surface area contributed by atoms with Crippen molar-refractivity contribution in [2.45, 2.75) is 18.2 Å². The van der Waals surface area contributed by atoms with Crippen molar-refractivity contribution in [3.8, 4) is 6.19 Å². The van der Waals surface area contributed by atoms with E-state index in [4.69, 9.17) is 9.68 Å². The molecule has 150 valence electrons. The molecule has 0 aliphatic carbocycles. The fourth-order valence-electron chi connectivity index (χ4n) is 2.85. The molecule has 1 heterocycles. The maximum Gasteiger partial charge on any atom is 0.205 e. The summed E-state index contributed by atoms with van der Waals surface area (Å²) in [6.07, 6.45) is 1.93. The first-order valence-electron chi connectivity index (χ1n) is 9.41. The lowest BCUT2D eigenvalue weighted by Crippen LogP contribution is -2.35. The first kappa shape index (κ1) is 20.8. The van der Waals surface area contributed by atoms with Crippen LogP contribution < -0.4 is 10.6 Å². The van der Waals surface area contributed by atoms with E-state index in [1.165, 1.54) is 5.56 Å². The number of fused-ring (bicyclic) bond motifs is 1. The van der Waals surface area contributed by atoms with Gasteiger partial charge in [0, 0.05) is 24.2 Å². The van der Waals surface area contributed by atoms with Crippen LogP contribution in [0.2, 0.25) is 0 Å². The van der Waals surface area contributed by atoms with Gasteiger partial charge in [0.15, 0.2) is 11.3 Å². The summed E-state index contributed by atoms with van der Waals surface area (Å²) in [6, 6.07) is 18.3. The molecule has 29 heavy (non-hydrogen) atoms. The summed E-state index contributed by atoms with van der Waals surface area (Å²) in [7, 11) is 4.11. The van der Waals surface area contributed by atoms with E-state index in [0.29, 0.717) is 19.0 Å². The Hall–Kier alpha value is -2.95. The Morgan fingerprint density at radius 1 is 1.14 bits per heavy atom. The summed E-state index contributed by atoms with van der Waals surface area (Å²) in [5.41, 5.74) is 3.24. The molecule has 0 saturated carbocycles. The minimum absolute atomic E-state index is 0.481. The maximum absolute atomic E-state index is 8.92. The van der Waals surface area contributed by atoms with Gasteiger partial charge in [0.05, 0.1) is 6.54 Å². The highest BCUT2D eigenvalue weighted by Gasteiger charge is 2.06. The third-order valence-electron chi connectivity index (χ3n) is 4.14. The second-order valence-electron chi connectivity index (χ2n) is 6.84. The zero-order valence-electron chi connectivity index (χ0n) is 16.7. The largest absolute Gasteiger partial charge is 0.450 e. The van der Waals surface area contributed by atoms with Gasteiger partial charge >= 0.3 is 0 Å². The predicted molar refractivity (Wildman–Crippen MR) is 119 cm³/mol. The van der Waals surface area contributed by atoms with E-state index < -0.39 is 0 Å². The zero-order valence-corrected chi connectivity index (χ0v) is 17.5. The van der Waals surface area contributed by atoms with Crippen LogP contribution in [0.15, 0.2) is 69.1 Å². The standard InChI is InChI=1S/C22H25N5OS/c1-27(2)15-18-8-9-19-13-21(28-20(19)12-18)29-11-10-24-22(26-16-23)25-14-17-6-4-3-5-7-17/h3-9,12-13H,10-11,14-15H2,1-2H3,(H2,24,25,26). The van der Waals surface area contributed by atoms with Crippen LogP contribution in [-0.2, 0) is 13.1 Å². The van der Waals surface area contributed by atoms with Crippen LogP contribution in [0.1, 0.15) is 11.1 Å². The van der Waals surface area contributed by atoms with E-state index in [9.17, 15) is 0 Å². The molecule has 2 aromatic carbocycles. The van der Waals surface area contributed by atoms with E-state index in [1.807, 2.05) is 36.5 Å². The molecule has 0 saturated heterocycles. The highest BCUT2D eigenvalue weighted by Crippen LogP contribution is 2.27. The Labute approximate surface area is 175 Å². The summed E-state index contributed by atoms with van der Waals surface area (Å²) >= 11 is 1.64. The van der Waals surface area contributed by atoms with Gasteiger partial charge in [-0.15, -0.1) is 0 Å². The summed E-state index contributed by atoms with van der Waals surface area (Å²) in [5, 5.41) is 16.7. The van der Waals surface area contributed by atoms with Crippen LogP contribution in [-0.4, -0.2) is 37.3 Å². The number of nitrogens with zero attached hydrogens (tertiary/aromatic N) is 3. The van der Waals surface area contributed by atoms with Crippen LogP contribution in [0.5, 0.6) is 0 Å². The van der Waals surface area contributed by atoms with Gasteiger partial charge in [-0.25, -0.2) is 4.99 Å². The molecule has 0 aliphatic rings. The van der Waals surface area contributed by atoms with Crippen LogP contribution in [0.25, 0.3) is 11.0 Å². The maximum atomic E-state index is 8.92. The van der Waals surface area contributed by atoms with Gasteiger partial charge in [-0.2, -0.15) is 5.26 Å². The number of guanidine groups is 1. The summed E-state index contributed by atoms with van der Waals surface area (Å²) in [4.78, 5) is 6.57. The molecule has 3 aromatic rings. The number of thioether (sulfide) groups is 1. The van der Waals surface area contributed by atoms with Crippen LogP contribution >= 0.6 is 11.8 Å². The van der Waals surface area contributed by atoms with Crippen LogP contribution in [0.4, 0.5) is 0 Å². The number of nitrogens with one attached hydrogen (secondary N) is 2. The Morgan fingerprint density at radius 3 is 2.72 bits per heavy atom. The number of benzene rings is 2. The van der Waals surface area contributed by atoms with Crippen molar-refractivity contribution in [2.24, 2.45) is 4.99 Å². The molecule has 6 nitrogen and oxygen atoms in total. The van der Waals surface area contributed by atoms with Crippen LogP contribution in [0.3, 0.4) is 0 Å². The molecule has 2 N–H and O–H groups in total. The van der Waals surface area contributed by atoms with Crippen molar-refractivity contribution in [2.75, 3.05) is 26.4 Å². The average Bonchev–Trinajstić information content (AvgIpc) is 3.11. The number of aliphatic imine (C=N–C) groups is 1. The number of nitriles is 1. The van der Waals surface area contributed by atoms with Gasteiger partial charge in [0.2, 0.25) is 5.96 Å². The molecular weight excluding hydrogens is 382 g/mol. The SMILES string of the molecule is CN(C)Cc1ccc2cc(SCCNC(=NCc3ccccc3)NC#N)oc2c1. The Morgan fingerprint density at radius 2 is 1.97 bits per heavy atom. The first-order chi connectivity index (χ1) is 14.1. The first-order valence-corrected chi connectivity index (χ1v) is 10.4. The van der Waals surface area contributed by atoms with Crippen molar-refractivity contribution in [1.29, 1.82) is 5.26 Å². The lowest BCUT2D eigenvalue weighted by Gasteiger charge is -2.08. The van der Waals surface area contributed by atoms with Crippen molar-refractivity contribution < 1.29 is 4.42 Å². The molecule has 0 atom stereocenters. The Kier molecular flexibility index (Phi) is 7.56. The molecule has 0 aliphatic heterocycles.